The number of para-hydroxylation sites is 1. The normalized spacial score (nSPS) is 13.7. The number of benzene rings is 8. The van der Waals surface area contributed by atoms with Gasteiger partial charge in [0.25, 0.3) is 0 Å². The van der Waals surface area contributed by atoms with E-state index in [9.17, 15) is 0 Å². The minimum Gasteiger partial charge on any atom is -0.456 e. The molecule has 0 atom stereocenters. The Morgan fingerprint density at radius 1 is 0.429 bits per heavy atom. The maximum atomic E-state index is 6.57. The molecule has 0 saturated heterocycles. The molecule has 10 aromatic rings. The molecule has 0 N–H and O–H groups in total. The Labute approximate surface area is 282 Å². The first-order chi connectivity index (χ1) is 24.0. The molecular weight excluding hydrogens is 597 g/mol. The van der Waals surface area contributed by atoms with Crippen molar-refractivity contribution in [1.82, 2.24) is 0 Å². The fraction of sp³-hybridized carbons (Fsp3) is 0.0638. The Kier molecular flexibility index (Phi) is 5.21. The lowest BCUT2D eigenvalue weighted by atomic mass is 9.78. The van der Waals surface area contributed by atoms with E-state index in [1.54, 1.807) is 0 Å². The highest BCUT2D eigenvalue weighted by molar-refractivity contribution is 6.19. The number of hydrogen-bond acceptors (Lipinski definition) is 2. The largest absolute Gasteiger partial charge is 0.456 e. The van der Waals surface area contributed by atoms with Crippen LogP contribution in [0, 0.1) is 0 Å². The summed E-state index contributed by atoms with van der Waals surface area (Å²) < 4.78 is 12.9. The molecule has 2 aromatic heterocycles. The van der Waals surface area contributed by atoms with Crippen LogP contribution in [0.4, 0.5) is 0 Å². The molecule has 2 nitrogen and oxygen atoms in total. The standard InChI is InChI=1S/C47H30O2/c1-47(2)39-15-7-5-13-35(39)44-37(30-21-22-34-33-12-6-8-16-40(33)48-42(34)26-30)24-29-19-18-28(25-38(29)45(44)47)31-14-9-17-41-43(31)36-23-20-27-10-3-4-11-32(27)46(36)49-41/h3-26H,1-2H3. The van der Waals surface area contributed by atoms with Crippen molar-refractivity contribution in [2.45, 2.75) is 19.3 Å². The Morgan fingerprint density at radius 3 is 2.06 bits per heavy atom. The molecule has 0 unspecified atom stereocenters. The number of furan rings is 2. The molecular formula is C47H30O2. The van der Waals surface area contributed by atoms with Gasteiger partial charge in [-0.3, -0.25) is 0 Å². The first-order valence-electron chi connectivity index (χ1n) is 17.0. The highest BCUT2D eigenvalue weighted by Gasteiger charge is 2.38. The molecule has 2 heterocycles. The predicted octanol–water partition coefficient (Wildman–Crippen LogP) is 13.4. The van der Waals surface area contributed by atoms with E-state index in [-0.39, 0.29) is 5.41 Å². The first-order valence-corrected chi connectivity index (χ1v) is 17.0. The van der Waals surface area contributed by atoms with Crippen LogP contribution in [-0.4, -0.2) is 0 Å². The highest BCUT2D eigenvalue weighted by atomic mass is 16.3. The topological polar surface area (TPSA) is 26.3 Å². The zero-order chi connectivity index (χ0) is 32.4. The third kappa shape index (κ3) is 3.61. The Balaban J connectivity index is 1.19. The summed E-state index contributed by atoms with van der Waals surface area (Å²) in [4.78, 5) is 0. The second-order valence-corrected chi connectivity index (χ2v) is 14.0. The van der Waals surface area contributed by atoms with Crippen molar-refractivity contribution in [2.24, 2.45) is 0 Å². The van der Waals surface area contributed by atoms with Crippen LogP contribution < -0.4 is 0 Å². The Hall–Kier alpha value is -6.12. The molecule has 0 fully saturated rings. The van der Waals surface area contributed by atoms with E-state index in [1.165, 1.54) is 60.7 Å². The van der Waals surface area contributed by atoms with E-state index in [0.29, 0.717) is 0 Å². The Morgan fingerprint density at radius 2 is 1.12 bits per heavy atom. The van der Waals surface area contributed by atoms with Gasteiger partial charge in [-0.05, 0) is 103 Å². The van der Waals surface area contributed by atoms with Crippen molar-refractivity contribution in [2.75, 3.05) is 0 Å². The molecule has 8 aromatic carbocycles. The van der Waals surface area contributed by atoms with Crippen LogP contribution in [-0.2, 0) is 5.41 Å². The number of hydrogen-bond donors (Lipinski definition) is 0. The van der Waals surface area contributed by atoms with Crippen molar-refractivity contribution >= 4 is 65.4 Å². The summed E-state index contributed by atoms with van der Waals surface area (Å²) in [5, 5.41) is 9.48. The van der Waals surface area contributed by atoms with E-state index in [1.807, 2.05) is 12.1 Å². The van der Waals surface area contributed by atoms with Crippen LogP contribution in [0.3, 0.4) is 0 Å². The summed E-state index contributed by atoms with van der Waals surface area (Å²) in [5.41, 5.74) is 13.7. The minimum atomic E-state index is -0.185. The van der Waals surface area contributed by atoms with Crippen molar-refractivity contribution in [3.05, 3.63) is 157 Å². The second kappa shape index (κ2) is 9.49. The SMILES string of the molecule is CC1(C)c2ccccc2-c2c(-c3ccc4c(c3)oc3ccccc34)cc3ccc(-c4cccc5oc6c7ccccc7ccc6c45)cc3c21. The summed E-state index contributed by atoms with van der Waals surface area (Å²) in [6, 6.07) is 52.7. The maximum Gasteiger partial charge on any atom is 0.143 e. The van der Waals surface area contributed by atoms with E-state index in [2.05, 4.69) is 147 Å². The van der Waals surface area contributed by atoms with Crippen LogP contribution in [0.5, 0.6) is 0 Å². The lowest BCUT2D eigenvalue weighted by molar-refractivity contribution is 0.666. The molecule has 0 amide bonds. The average molecular weight is 627 g/mol. The van der Waals surface area contributed by atoms with E-state index < -0.39 is 0 Å². The van der Waals surface area contributed by atoms with Gasteiger partial charge in [0.2, 0.25) is 0 Å². The van der Waals surface area contributed by atoms with E-state index in [0.717, 1.165) is 49.3 Å². The quantitative estimate of drug-likeness (QED) is 0.191. The van der Waals surface area contributed by atoms with Crippen LogP contribution in [0.15, 0.2) is 154 Å². The first kappa shape index (κ1) is 26.9. The summed E-state index contributed by atoms with van der Waals surface area (Å²) >= 11 is 0. The third-order valence-corrected chi connectivity index (χ3v) is 11.0. The number of fused-ring (bicyclic) bond motifs is 13. The van der Waals surface area contributed by atoms with Crippen LogP contribution in [0.2, 0.25) is 0 Å². The van der Waals surface area contributed by atoms with Gasteiger partial charge in [0, 0.05) is 32.3 Å². The van der Waals surface area contributed by atoms with Gasteiger partial charge < -0.3 is 8.83 Å². The van der Waals surface area contributed by atoms with Crippen molar-refractivity contribution in [3.8, 4) is 33.4 Å². The molecule has 2 heteroatoms. The summed E-state index contributed by atoms with van der Waals surface area (Å²) in [5.74, 6) is 0. The van der Waals surface area contributed by atoms with Crippen LogP contribution in [0.1, 0.15) is 25.0 Å². The van der Waals surface area contributed by atoms with E-state index >= 15 is 0 Å². The molecule has 0 saturated carbocycles. The summed E-state index contributed by atoms with van der Waals surface area (Å²) in [6.45, 7) is 4.76. The van der Waals surface area contributed by atoms with Crippen LogP contribution in [0.25, 0.3) is 98.8 Å². The monoisotopic (exact) mass is 626 g/mol. The smallest absolute Gasteiger partial charge is 0.143 e. The number of rotatable bonds is 2. The second-order valence-electron chi connectivity index (χ2n) is 14.0. The van der Waals surface area contributed by atoms with E-state index in [4.69, 9.17) is 8.83 Å². The maximum absolute atomic E-state index is 6.57. The van der Waals surface area contributed by atoms with Gasteiger partial charge in [-0.1, -0.05) is 117 Å². The highest BCUT2D eigenvalue weighted by Crippen LogP contribution is 2.55. The lowest BCUT2D eigenvalue weighted by Crippen LogP contribution is -2.15. The van der Waals surface area contributed by atoms with Gasteiger partial charge in [-0.25, -0.2) is 0 Å². The average Bonchev–Trinajstić information content (AvgIpc) is 3.79. The zero-order valence-corrected chi connectivity index (χ0v) is 27.2. The van der Waals surface area contributed by atoms with Crippen molar-refractivity contribution in [1.29, 1.82) is 0 Å². The molecule has 0 aliphatic heterocycles. The van der Waals surface area contributed by atoms with Gasteiger partial charge >= 0.3 is 0 Å². The third-order valence-electron chi connectivity index (χ3n) is 11.0. The molecule has 0 bridgehead atoms. The lowest BCUT2D eigenvalue weighted by Gasteiger charge is -2.24. The predicted molar refractivity (Wildman–Crippen MR) is 204 cm³/mol. The summed E-state index contributed by atoms with van der Waals surface area (Å²) in [6.07, 6.45) is 0. The molecule has 11 rings (SSSR count). The van der Waals surface area contributed by atoms with Gasteiger partial charge in [-0.2, -0.15) is 0 Å². The molecule has 1 aliphatic carbocycles. The van der Waals surface area contributed by atoms with Crippen LogP contribution >= 0.6 is 0 Å². The van der Waals surface area contributed by atoms with Crippen molar-refractivity contribution < 1.29 is 8.83 Å². The molecule has 1 aliphatic rings. The fourth-order valence-corrected chi connectivity index (χ4v) is 8.79. The van der Waals surface area contributed by atoms with Gasteiger partial charge in [-0.15, -0.1) is 0 Å². The van der Waals surface area contributed by atoms with Gasteiger partial charge in [0.05, 0.1) is 0 Å². The molecule has 49 heavy (non-hydrogen) atoms. The molecule has 0 spiro atoms. The summed E-state index contributed by atoms with van der Waals surface area (Å²) in [7, 11) is 0. The van der Waals surface area contributed by atoms with Gasteiger partial charge in [0.1, 0.15) is 22.3 Å². The molecule has 0 radical (unpaired) electrons. The minimum absolute atomic E-state index is 0.185. The van der Waals surface area contributed by atoms with Gasteiger partial charge in [0.15, 0.2) is 0 Å². The fourth-order valence-electron chi connectivity index (χ4n) is 8.79. The Bertz CT molecular complexity index is 3020. The molecule has 230 valence electrons. The van der Waals surface area contributed by atoms with Crippen molar-refractivity contribution in [3.63, 3.8) is 0 Å². The zero-order valence-electron chi connectivity index (χ0n) is 27.2.